The van der Waals surface area contributed by atoms with Crippen LogP contribution in [0.25, 0.3) is 0 Å². The number of carbonyl (C=O) groups is 2. The van der Waals surface area contributed by atoms with Gasteiger partial charge < -0.3 is 19.7 Å². The van der Waals surface area contributed by atoms with Crippen molar-refractivity contribution in [2.45, 2.75) is 12.8 Å². The average Bonchev–Trinajstić information content (AvgIpc) is 2.78. The van der Waals surface area contributed by atoms with E-state index in [1.54, 1.807) is 29.2 Å². The van der Waals surface area contributed by atoms with Gasteiger partial charge in [0.1, 0.15) is 6.33 Å². The fraction of sp³-hybridized carbons (Fsp3) is 0.368. The van der Waals surface area contributed by atoms with Crippen molar-refractivity contribution in [2.75, 3.05) is 37.5 Å². The lowest BCUT2D eigenvalue weighted by Crippen LogP contribution is -2.37. The number of hydrogen-bond donors (Lipinski definition) is 1. The zero-order chi connectivity index (χ0) is 21.7. The Labute approximate surface area is 172 Å². The third-order valence-corrected chi connectivity index (χ3v) is 4.90. The normalized spacial score (nSPS) is 14.1. The van der Waals surface area contributed by atoms with Crippen molar-refractivity contribution in [1.29, 1.82) is 0 Å². The highest BCUT2D eigenvalue weighted by Crippen LogP contribution is 2.36. The smallest absolute Gasteiger partial charge is 0.353 e. The number of carbonyl (C=O) groups excluding carboxylic acids is 2. The number of methoxy groups -OCH3 is 2. The summed E-state index contributed by atoms with van der Waals surface area (Å²) >= 11 is 0. The second-order valence-corrected chi connectivity index (χ2v) is 6.60. The molecule has 2 aromatic rings. The Bertz CT molecular complexity index is 958. The number of nitrogens with zero attached hydrogens (tertiary/aromatic N) is 4. The van der Waals surface area contributed by atoms with E-state index in [1.165, 1.54) is 20.5 Å². The maximum atomic E-state index is 12.0. The second kappa shape index (κ2) is 9.16. The Kier molecular flexibility index (Phi) is 6.40. The van der Waals surface area contributed by atoms with E-state index in [2.05, 4.69) is 15.3 Å². The van der Waals surface area contributed by atoms with Gasteiger partial charge >= 0.3 is 17.6 Å². The number of rotatable bonds is 6. The number of hydrogen-bond acceptors (Lipinski definition) is 10. The lowest BCUT2D eigenvalue weighted by Gasteiger charge is -2.31. The monoisotopic (exact) mass is 415 g/mol. The molecule has 1 aliphatic rings. The summed E-state index contributed by atoms with van der Waals surface area (Å²) in [6.07, 6.45) is 2.22. The Morgan fingerprint density at radius 2 is 1.87 bits per heavy atom. The lowest BCUT2D eigenvalue weighted by molar-refractivity contribution is -0.383. The van der Waals surface area contributed by atoms with Crippen LogP contribution in [0.1, 0.15) is 23.2 Å². The van der Waals surface area contributed by atoms with Crippen molar-refractivity contribution >= 4 is 34.9 Å². The van der Waals surface area contributed by atoms with Crippen molar-refractivity contribution in [3.8, 4) is 0 Å². The number of nitrogens with one attached hydrogen (secondary N) is 1. The van der Waals surface area contributed by atoms with Gasteiger partial charge in [0.25, 0.3) is 0 Å². The molecule has 0 saturated carbocycles. The number of esters is 2. The molecule has 11 heteroatoms. The molecule has 158 valence electrons. The quantitative estimate of drug-likeness (QED) is 0.425. The van der Waals surface area contributed by atoms with Gasteiger partial charge in [-0.1, -0.05) is 12.1 Å². The summed E-state index contributed by atoms with van der Waals surface area (Å²) in [5.41, 5.74) is 0.225. The van der Waals surface area contributed by atoms with Crippen LogP contribution >= 0.6 is 0 Å². The van der Waals surface area contributed by atoms with Gasteiger partial charge in [-0.05, 0) is 25.0 Å². The standard InChI is InChI=1S/C19H21N5O6/c1-29-18(25)12-7-9-23(10-8-12)17-15(24(27)28)16(20-11-21-17)22-14-6-4-3-5-13(14)19(26)30-2/h3-6,11-12H,7-10H2,1-2H3,(H,20,21,22). The van der Waals surface area contributed by atoms with Crippen molar-refractivity contribution in [3.05, 3.63) is 46.3 Å². The van der Waals surface area contributed by atoms with Gasteiger partial charge in [0, 0.05) is 13.1 Å². The molecule has 0 amide bonds. The summed E-state index contributed by atoms with van der Waals surface area (Å²) in [4.78, 5) is 44.9. The van der Waals surface area contributed by atoms with Crippen LogP contribution in [0.5, 0.6) is 0 Å². The number of aromatic nitrogens is 2. The van der Waals surface area contributed by atoms with Gasteiger partial charge in [0.05, 0.1) is 36.3 Å². The van der Waals surface area contributed by atoms with Gasteiger partial charge in [-0.15, -0.1) is 0 Å². The zero-order valence-corrected chi connectivity index (χ0v) is 16.5. The molecule has 3 rings (SSSR count). The second-order valence-electron chi connectivity index (χ2n) is 6.60. The molecular formula is C19H21N5O6. The molecule has 1 saturated heterocycles. The van der Waals surface area contributed by atoms with Gasteiger partial charge in [0.15, 0.2) is 0 Å². The minimum atomic E-state index is -0.583. The molecule has 0 bridgehead atoms. The molecule has 1 aromatic heterocycles. The SMILES string of the molecule is COC(=O)c1ccccc1Nc1ncnc(N2CCC(C(=O)OC)CC2)c1[N+](=O)[O-]. The first-order valence-corrected chi connectivity index (χ1v) is 9.22. The van der Waals surface area contributed by atoms with Crippen molar-refractivity contribution in [2.24, 2.45) is 5.92 Å². The van der Waals surface area contributed by atoms with Crippen LogP contribution in [0, 0.1) is 16.0 Å². The summed E-state index contributed by atoms with van der Waals surface area (Å²) in [6.45, 7) is 0.825. The van der Waals surface area contributed by atoms with Gasteiger partial charge in [-0.3, -0.25) is 14.9 Å². The highest BCUT2D eigenvalue weighted by Gasteiger charge is 2.32. The lowest BCUT2D eigenvalue weighted by atomic mass is 9.97. The molecule has 1 aliphatic heterocycles. The largest absolute Gasteiger partial charge is 0.469 e. The Morgan fingerprint density at radius 1 is 1.17 bits per heavy atom. The van der Waals surface area contributed by atoms with E-state index in [1.807, 2.05) is 0 Å². The maximum absolute atomic E-state index is 12.0. The average molecular weight is 415 g/mol. The number of anilines is 3. The predicted molar refractivity (Wildman–Crippen MR) is 107 cm³/mol. The van der Waals surface area contributed by atoms with E-state index in [4.69, 9.17) is 9.47 Å². The van der Waals surface area contributed by atoms with Crippen LogP contribution in [0.4, 0.5) is 23.0 Å². The number of ether oxygens (including phenoxy) is 2. The molecule has 1 fully saturated rings. The first kappa shape index (κ1) is 21.0. The fourth-order valence-electron chi connectivity index (χ4n) is 3.36. The summed E-state index contributed by atoms with van der Waals surface area (Å²) < 4.78 is 9.54. The third kappa shape index (κ3) is 4.29. The van der Waals surface area contributed by atoms with Crippen molar-refractivity contribution in [1.82, 2.24) is 9.97 Å². The van der Waals surface area contributed by atoms with E-state index < -0.39 is 10.9 Å². The van der Waals surface area contributed by atoms with Gasteiger partial charge in [-0.25, -0.2) is 14.8 Å². The van der Waals surface area contributed by atoms with Crippen molar-refractivity contribution < 1.29 is 24.0 Å². The molecular weight excluding hydrogens is 394 g/mol. The molecule has 2 heterocycles. The summed E-state index contributed by atoms with van der Waals surface area (Å²) in [6, 6.07) is 6.47. The van der Waals surface area contributed by atoms with Crippen LogP contribution in [0.3, 0.4) is 0 Å². The number of nitro groups is 1. The summed E-state index contributed by atoms with van der Waals surface area (Å²) in [5, 5.41) is 14.7. The van der Waals surface area contributed by atoms with E-state index in [9.17, 15) is 19.7 Å². The van der Waals surface area contributed by atoms with E-state index >= 15 is 0 Å². The maximum Gasteiger partial charge on any atom is 0.353 e. The summed E-state index contributed by atoms with van der Waals surface area (Å²) in [5.74, 6) is -1.00. The zero-order valence-electron chi connectivity index (χ0n) is 16.5. The van der Waals surface area contributed by atoms with Gasteiger partial charge in [-0.2, -0.15) is 0 Å². The molecule has 0 radical (unpaired) electrons. The highest BCUT2D eigenvalue weighted by atomic mass is 16.6. The molecule has 11 nitrogen and oxygen atoms in total. The van der Waals surface area contributed by atoms with Crippen LogP contribution in [0.2, 0.25) is 0 Å². The van der Waals surface area contributed by atoms with Crippen LogP contribution in [0.15, 0.2) is 30.6 Å². The number of benzene rings is 1. The minimum Gasteiger partial charge on any atom is -0.469 e. The van der Waals surface area contributed by atoms with E-state index in [0.717, 1.165) is 0 Å². The molecule has 1 aromatic carbocycles. The molecule has 0 atom stereocenters. The minimum absolute atomic E-state index is 0.0450. The molecule has 1 N–H and O–H groups in total. The van der Waals surface area contributed by atoms with E-state index in [0.29, 0.717) is 31.6 Å². The van der Waals surface area contributed by atoms with Crippen molar-refractivity contribution in [3.63, 3.8) is 0 Å². The first-order chi connectivity index (χ1) is 14.5. The number of para-hydroxylation sites is 1. The predicted octanol–water partition coefficient (Wildman–Crippen LogP) is 2.30. The van der Waals surface area contributed by atoms with Crippen LogP contribution in [-0.4, -0.2) is 54.1 Å². The first-order valence-electron chi connectivity index (χ1n) is 9.22. The molecule has 0 unspecified atom stereocenters. The highest BCUT2D eigenvalue weighted by molar-refractivity contribution is 5.96. The Morgan fingerprint density at radius 3 is 2.50 bits per heavy atom. The Balaban J connectivity index is 1.91. The molecule has 0 spiro atoms. The number of piperidine rings is 1. The Hall–Kier alpha value is -3.76. The molecule has 0 aliphatic carbocycles. The third-order valence-electron chi connectivity index (χ3n) is 4.90. The summed E-state index contributed by atoms with van der Waals surface area (Å²) in [7, 11) is 2.59. The topological polar surface area (TPSA) is 137 Å². The fourth-order valence-corrected chi connectivity index (χ4v) is 3.36. The molecule has 30 heavy (non-hydrogen) atoms. The van der Waals surface area contributed by atoms with Crippen LogP contribution in [-0.2, 0) is 14.3 Å². The van der Waals surface area contributed by atoms with Gasteiger partial charge in [0.2, 0.25) is 11.6 Å². The van der Waals surface area contributed by atoms with Crippen LogP contribution < -0.4 is 10.2 Å². The van der Waals surface area contributed by atoms with E-state index in [-0.39, 0.29) is 34.8 Å².